The molecule has 0 amide bonds. The molecule has 0 aliphatic heterocycles. The van der Waals surface area contributed by atoms with E-state index in [2.05, 4.69) is 27.1 Å². The summed E-state index contributed by atoms with van der Waals surface area (Å²) in [5, 5.41) is 2.42. The van der Waals surface area contributed by atoms with Crippen molar-refractivity contribution in [3.05, 3.63) is 151 Å². The van der Waals surface area contributed by atoms with E-state index >= 15 is 0 Å². The van der Waals surface area contributed by atoms with Crippen LogP contribution in [0.2, 0.25) is 0 Å². The van der Waals surface area contributed by atoms with E-state index < -0.39 is 25.5 Å². The normalized spacial score (nSPS) is 14.5. The summed E-state index contributed by atoms with van der Waals surface area (Å²) in [4.78, 5) is 13.0. The Hall–Kier alpha value is -4.96. The van der Waals surface area contributed by atoms with Crippen molar-refractivity contribution < 1.29 is 35.5 Å². The molecule has 0 saturated heterocycles. The van der Waals surface area contributed by atoms with Gasteiger partial charge in [-0.3, -0.25) is 4.98 Å². The second kappa shape index (κ2) is 14.3. The van der Waals surface area contributed by atoms with E-state index in [1.54, 1.807) is 30.5 Å². The van der Waals surface area contributed by atoms with Crippen molar-refractivity contribution in [2.24, 2.45) is 5.41 Å². The van der Waals surface area contributed by atoms with Gasteiger partial charge in [-0.2, -0.15) is 0 Å². The molecule has 245 valence electrons. The number of aromatic nitrogens is 3. The van der Waals surface area contributed by atoms with Crippen LogP contribution in [0.15, 0.2) is 126 Å². The van der Waals surface area contributed by atoms with Crippen LogP contribution in [0.3, 0.4) is 0 Å². The van der Waals surface area contributed by atoms with Crippen LogP contribution in [0, 0.1) is 31.3 Å². The number of hydrogen-bond acceptors (Lipinski definition) is 4. The topological polar surface area (TPSA) is 51.8 Å². The number of pyridine rings is 3. The molecule has 0 saturated carbocycles. The summed E-state index contributed by atoms with van der Waals surface area (Å²) >= 11 is 0. The molecule has 4 nitrogen and oxygen atoms in total. The fourth-order valence-electron chi connectivity index (χ4n) is 5.62. The number of nitrogens with zero attached hydrogens (tertiary/aromatic N) is 3. The van der Waals surface area contributed by atoms with Crippen LogP contribution in [0.1, 0.15) is 48.6 Å². The number of benzene rings is 4. The van der Waals surface area contributed by atoms with Gasteiger partial charge in [0, 0.05) is 59.9 Å². The largest absolute Gasteiger partial charge is 0.500 e. The standard InChI is InChI=1S/C22H15N2O.C22H22N.Ir/c1-13-6-10-19(23-12-13)17-5-3-4-15-16-9-11-20-18(8-7-14(2)24-20)22(16)25-21(15)17;1-22(2,3)16-17-9-11-18(12-10-17)20-13-14-23-21(15-20)19-7-5-4-6-8-19;/h3-4,6-12H,1-2H3;4-7,9-15H,16H2,1-3H3;/q2*-1;/i1D3,2D3;16D2;. The molecule has 4 aromatic heterocycles. The number of rotatable bonds is 4. The second-order valence-electron chi connectivity index (χ2n) is 12.5. The van der Waals surface area contributed by atoms with Crippen molar-refractivity contribution in [2.45, 2.75) is 40.8 Å². The summed E-state index contributed by atoms with van der Waals surface area (Å²) in [6.07, 6.45) is 1.76. The molecule has 0 unspecified atom stereocenters. The van der Waals surface area contributed by atoms with Crippen LogP contribution in [0.5, 0.6) is 0 Å². The van der Waals surface area contributed by atoms with Gasteiger partial charge in [0.2, 0.25) is 0 Å². The Morgan fingerprint density at radius 1 is 0.735 bits per heavy atom. The molecular weight excluding hydrogens is 779 g/mol. The van der Waals surface area contributed by atoms with Gasteiger partial charge in [0.05, 0.1) is 11.1 Å². The molecule has 5 heteroatoms. The van der Waals surface area contributed by atoms with E-state index in [9.17, 15) is 0 Å². The van der Waals surface area contributed by atoms with Gasteiger partial charge in [-0.05, 0) is 89.5 Å². The molecule has 8 rings (SSSR count). The Labute approximate surface area is 312 Å². The third kappa shape index (κ3) is 7.54. The maximum atomic E-state index is 8.39. The second-order valence-corrected chi connectivity index (χ2v) is 12.5. The predicted molar refractivity (Wildman–Crippen MR) is 198 cm³/mol. The minimum absolute atomic E-state index is 0. The summed E-state index contributed by atoms with van der Waals surface area (Å²) in [5.74, 6) is 0. The van der Waals surface area contributed by atoms with Crippen molar-refractivity contribution in [1.82, 2.24) is 15.0 Å². The van der Waals surface area contributed by atoms with Gasteiger partial charge in [0.25, 0.3) is 0 Å². The summed E-state index contributed by atoms with van der Waals surface area (Å²) < 4.78 is 68.3. The summed E-state index contributed by atoms with van der Waals surface area (Å²) in [6.45, 7) is 1.26. The van der Waals surface area contributed by atoms with Gasteiger partial charge in [-0.25, -0.2) is 0 Å². The SMILES string of the molecule is [2H]C([2H])([2H])c1ccc(-c2[c-]ccc3c2oc2c4ccc(C([2H])([2H])[2H])nc4ccc32)nc1.[2H]C([2H])(c1ccc(-c2ccnc(-c3[c-]cccc3)c2)cc1)C(C)(C)C.[Ir]. The van der Waals surface area contributed by atoms with Crippen LogP contribution >= 0.6 is 0 Å². The molecule has 4 heterocycles. The average molecular weight is 824 g/mol. The zero-order chi connectivity index (χ0) is 40.0. The van der Waals surface area contributed by atoms with E-state index in [0.717, 1.165) is 33.2 Å². The molecule has 0 aliphatic carbocycles. The van der Waals surface area contributed by atoms with E-state index in [1.165, 1.54) is 18.3 Å². The predicted octanol–water partition coefficient (Wildman–Crippen LogP) is 11.4. The number of furan rings is 1. The average Bonchev–Trinajstić information content (AvgIpc) is 3.57. The first-order valence-electron chi connectivity index (χ1n) is 19.6. The molecule has 4 aromatic carbocycles. The number of fused-ring (bicyclic) bond motifs is 5. The van der Waals surface area contributed by atoms with E-state index in [1.807, 2.05) is 93.6 Å². The molecule has 0 spiro atoms. The minimum Gasteiger partial charge on any atom is -0.500 e. The van der Waals surface area contributed by atoms with Gasteiger partial charge >= 0.3 is 0 Å². The quantitative estimate of drug-likeness (QED) is 0.166. The molecule has 8 aromatic rings. The third-order valence-electron chi connectivity index (χ3n) is 7.77. The first-order valence-corrected chi connectivity index (χ1v) is 15.6. The van der Waals surface area contributed by atoms with Crippen molar-refractivity contribution in [2.75, 3.05) is 0 Å². The van der Waals surface area contributed by atoms with Crippen molar-refractivity contribution >= 4 is 32.8 Å². The Balaban J connectivity index is 0.000000194. The van der Waals surface area contributed by atoms with Gasteiger partial charge in [-0.15, -0.1) is 54.1 Å². The van der Waals surface area contributed by atoms with E-state index in [0.29, 0.717) is 38.9 Å². The molecule has 0 N–H and O–H groups in total. The zero-order valence-electron chi connectivity index (χ0n) is 35.1. The smallest absolute Gasteiger partial charge is 0.130 e. The Morgan fingerprint density at radius 3 is 2.31 bits per heavy atom. The van der Waals surface area contributed by atoms with E-state index in [4.69, 9.17) is 15.4 Å². The van der Waals surface area contributed by atoms with Gasteiger partial charge in [-0.1, -0.05) is 74.2 Å². The summed E-state index contributed by atoms with van der Waals surface area (Å²) in [5.41, 5.74) is 7.25. The summed E-state index contributed by atoms with van der Waals surface area (Å²) in [6, 6.07) is 39.5. The van der Waals surface area contributed by atoms with E-state index in [-0.39, 0.29) is 31.4 Å². The Morgan fingerprint density at radius 2 is 1.57 bits per heavy atom. The van der Waals surface area contributed by atoms with Crippen LogP contribution in [0.25, 0.3) is 66.5 Å². The number of aryl methyl sites for hydroxylation is 2. The fraction of sp³-hybridized carbons (Fsp3) is 0.159. The molecule has 0 aliphatic rings. The number of hydrogen-bond donors (Lipinski definition) is 0. The Kier molecular flexibility index (Phi) is 7.30. The molecule has 49 heavy (non-hydrogen) atoms. The van der Waals surface area contributed by atoms with Crippen LogP contribution in [-0.2, 0) is 26.5 Å². The molecule has 0 fully saturated rings. The van der Waals surface area contributed by atoms with Gasteiger partial charge in [0.15, 0.2) is 0 Å². The van der Waals surface area contributed by atoms with Crippen LogP contribution < -0.4 is 0 Å². The maximum absolute atomic E-state index is 8.39. The maximum Gasteiger partial charge on any atom is 0.130 e. The Bertz CT molecular complexity index is 2670. The van der Waals surface area contributed by atoms with Gasteiger partial charge < -0.3 is 14.4 Å². The van der Waals surface area contributed by atoms with Crippen LogP contribution in [-0.4, -0.2) is 15.0 Å². The molecule has 0 atom stereocenters. The molecule has 0 bridgehead atoms. The van der Waals surface area contributed by atoms with Gasteiger partial charge in [0.1, 0.15) is 5.58 Å². The zero-order valence-corrected chi connectivity index (χ0v) is 29.5. The van der Waals surface area contributed by atoms with Crippen LogP contribution in [0.4, 0.5) is 0 Å². The van der Waals surface area contributed by atoms with Crippen molar-refractivity contribution in [3.8, 4) is 33.6 Å². The monoisotopic (exact) mass is 824 g/mol. The van der Waals surface area contributed by atoms with Crippen molar-refractivity contribution in [3.63, 3.8) is 0 Å². The van der Waals surface area contributed by atoms with Crippen molar-refractivity contribution in [1.29, 1.82) is 0 Å². The minimum atomic E-state index is -2.29. The fourth-order valence-corrected chi connectivity index (χ4v) is 5.62. The molecule has 1 radical (unpaired) electrons. The third-order valence-corrected chi connectivity index (χ3v) is 7.77. The first-order chi connectivity index (χ1) is 26.4. The first kappa shape index (κ1) is 25.1. The summed E-state index contributed by atoms with van der Waals surface area (Å²) in [7, 11) is 0. The molecular formula is C44H37IrN3O-2.